The molecular formula is C17H26N4OS. The SMILES string of the molecule is CCC(CC)c1cc(CNC(=NC)NCc2sccc2C)on1. The van der Waals surface area contributed by atoms with Crippen LogP contribution in [-0.4, -0.2) is 18.2 Å². The Kier molecular flexibility index (Phi) is 6.65. The van der Waals surface area contributed by atoms with Gasteiger partial charge in [0.1, 0.15) is 0 Å². The lowest BCUT2D eigenvalue weighted by molar-refractivity contribution is 0.368. The summed E-state index contributed by atoms with van der Waals surface area (Å²) in [4.78, 5) is 5.57. The van der Waals surface area contributed by atoms with Gasteiger partial charge in [0.05, 0.1) is 18.8 Å². The van der Waals surface area contributed by atoms with Crippen LogP contribution in [0.3, 0.4) is 0 Å². The smallest absolute Gasteiger partial charge is 0.191 e. The summed E-state index contributed by atoms with van der Waals surface area (Å²) in [5.74, 6) is 2.08. The molecule has 2 aromatic rings. The molecule has 0 bridgehead atoms. The van der Waals surface area contributed by atoms with Gasteiger partial charge in [0.15, 0.2) is 11.7 Å². The monoisotopic (exact) mass is 334 g/mol. The standard InChI is InChI=1S/C17H26N4OS/c1-5-13(6-2)15-9-14(22-21-15)10-19-17(18-4)20-11-16-12(3)7-8-23-16/h7-9,13H,5-6,10-11H2,1-4H3,(H2,18,19,20). The van der Waals surface area contributed by atoms with E-state index in [4.69, 9.17) is 4.52 Å². The lowest BCUT2D eigenvalue weighted by Gasteiger charge is -2.10. The number of aryl methyl sites for hydroxylation is 1. The summed E-state index contributed by atoms with van der Waals surface area (Å²) < 4.78 is 5.42. The highest BCUT2D eigenvalue weighted by molar-refractivity contribution is 7.10. The van der Waals surface area contributed by atoms with Gasteiger partial charge in [-0.1, -0.05) is 19.0 Å². The van der Waals surface area contributed by atoms with Crippen molar-refractivity contribution >= 4 is 17.3 Å². The first-order valence-corrected chi connectivity index (χ1v) is 8.98. The van der Waals surface area contributed by atoms with Gasteiger partial charge in [0.2, 0.25) is 0 Å². The van der Waals surface area contributed by atoms with Gasteiger partial charge in [-0.3, -0.25) is 4.99 Å². The van der Waals surface area contributed by atoms with E-state index >= 15 is 0 Å². The molecule has 0 aliphatic rings. The Morgan fingerprint density at radius 1 is 1.30 bits per heavy atom. The average molecular weight is 334 g/mol. The summed E-state index contributed by atoms with van der Waals surface area (Å²) in [5.41, 5.74) is 2.35. The number of aliphatic imine (C=N–C) groups is 1. The third-order valence-corrected chi connectivity index (χ3v) is 5.04. The number of nitrogens with one attached hydrogen (secondary N) is 2. The van der Waals surface area contributed by atoms with E-state index in [1.165, 1.54) is 10.4 Å². The zero-order valence-electron chi connectivity index (χ0n) is 14.3. The predicted molar refractivity (Wildman–Crippen MR) is 95.9 cm³/mol. The third kappa shape index (κ3) is 4.82. The highest BCUT2D eigenvalue weighted by Gasteiger charge is 2.13. The van der Waals surface area contributed by atoms with Crippen LogP contribution >= 0.6 is 11.3 Å². The molecule has 5 nitrogen and oxygen atoms in total. The van der Waals surface area contributed by atoms with Gasteiger partial charge in [-0.25, -0.2) is 0 Å². The van der Waals surface area contributed by atoms with Crippen LogP contribution in [0.25, 0.3) is 0 Å². The van der Waals surface area contributed by atoms with E-state index in [-0.39, 0.29) is 0 Å². The first kappa shape index (κ1) is 17.5. The zero-order chi connectivity index (χ0) is 16.7. The number of nitrogens with zero attached hydrogens (tertiary/aromatic N) is 2. The molecule has 0 aliphatic heterocycles. The number of hydrogen-bond donors (Lipinski definition) is 2. The zero-order valence-corrected chi connectivity index (χ0v) is 15.2. The lowest BCUT2D eigenvalue weighted by Crippen LogP contribution is -2.36. The number of thiophene rings is 1. The van der Waals surface area contributed by atoms with Crippen LogP contribution in [0, 0.1) is 6.92 Å². The third-order valence-electron chi connectivity index (χ3n) is 4.02. The van der Waals surface area contributed by atoms with Crippen molar-refractivity contribution in [1.82, 2.24) is 15.8 Å². The van der Waals surface area contributed by atoms with Crippen molar-refractivity contribution in [2.24, 2.45) is 4.99 Å². The molecule has 126 valence electrons. The Balaban J connectivity index is 1.85. The van der Waals surface area contributed by atoms with E-state index in [2.05, 4.69) is 53.0 Å². The van der Waals surface area contributed by atoms with Crippen molar-refractivity contribution < 1.29 is 4.52 Å². The maximum atomic E-state index is 5.42. The minimum absolute atomic E-state index is 0.478. The molecule has 0 saturated carbocycles. The van der Waals surface area contributed by atoms with Gasteiger partial charge in [-0.05, 0) is 36.8 Å². The van der Waals surface area contributed by atoms with E-state index in [0.717, 1.165) is 36.8 Å². The highest BCUT2D eigenvalue weighted by atomic mass is 32.1. The van der Waals surface area contributed by atoms with Gasteiger partial charge < -0.3 is 15.2 Å². The fraction of sp³-hybridized carbons (Fsp3) is 0.529. The van der Waals surface area contributed by atoms with Crippen LogP contribution in [0.15, 0.2) is 27.0 Å². The van der Waals surface area contributed by atoms with Crippen LogP contribution in [0.5, 0.6) is 0 Å². The highest BCUT2D eigenvalue weighted by Crippen LogP contribution is 2.22. The normalized spacial score (nSPS) is 12.0. The Morgan fingerprint density at radius 2 is 2.04 bits per heavy atom. The molecule has 23 heavy (non-hydrogen) atoms. The van der Waals surface area contributed by atoms with Crippen molar-refractivity contribution in [3.05, 3.63) is 39.4 Å². The van der Waals surface area contributed by atoms with E-state index < -0.39 is 0 Å². The number of hydrogen-bond acceptors (Lipinski definition) is 4. The Morgan fingerprint density at radius 3 is 2.65 bits per heavy atom. The molecule has 0 unspecified atom stereocenters. The Hall–Kier alpha value is -1.82. The summed E-state index contributed by atoms with van der Waals surface area (Å²) in [6.45, 7) is 7.84. The van der Waals surface area contributed by atoms with Gasteiger partial charge in [-0.2, -0.15) is 0 Å². The summed E-state index contributed by atoms with van der Waals surface area (Å²) in [6.07, 6.45) is 2.17. The Bertz CT molecular complexity index is 628. The van der Waals surface area contributed by atoms with Crippen molar-refractivity contribution in [3.63, 3.8) is 0 Å². The molecule has 0 radical (unpaired) electrons. The minimum Gasteiger partial charge on any atom is -0.359 e. The van der Waals surface area contributed by atoms with Crippen LogP contribution in [0.2, 0.25) is 0 Å². The molecule has 0 fully saturated rings. The maximum absolute atomic E-state index is 5.42. The molecular weight excluding hydrogens is 308 g/mol. The van der Waals surface area contributed by atoms with Crippen LogP contribution < -0.4 is 10.6 Å². The van der Waals surface area contributed by atoms with Crippen LogP contribution in [0.4, 0.5) is 0 Å². The number of rotatable bonds is 7. The van der Waals surface area contributed by atoms with Crippen LogP contribution in [0.1, 0.15) is 54.5 Å². The second-order valence-corrected chi connectivity index (χ2v) is 6.54. The molecule has 0 aromatic carbocycles. The summed E-state index contributed by atoms with van der Waals surface area (Å²) in [6, 6.07) is 4.17. The minimum atomic E-state index is 0.478. The summed E-state index contributed by atoms with van der Waals surface area (Å²) >= 11 is 1.75. The second kappa shape index (κ2) is 8.72. The maximum Gasteiger partial charge on any atom is 0.191 e. The van der Waals surface area contributed by atoms with Gasteiger partial charge in [0, 0.05) is 23.9 Å². The molecule has 2 rings (SSSR count). The molecule has 2 N–H and O–H groups in total. The van der Waals surface area contributed by atoms with E-state index in [1.807, 2.05) is 6.07 Å². The molecule has 2 aromatic heterocycles. The van der Waals surface area contributed by atoms with E-state index in [0.29, 0.717) is 12.5 Å². The van der Waals surface area contributed by atoms with Crippen molar-refractivity contribution in [2.45, 2.75) is 52.6 Å². The van der Waals surface area contributed by atoms with Gasteiger partial charge >= 0.3 is 0 Å². The molecule has 2 heterocycles. The average Bonchev–Trinajstić information content (AvgIpc) is 3.18. The molecule has 0 atom stereocenters. The fourth-order valence-corrected chi connectivity index (χ4v) is 3.30. The topological polar surface area (TPSA) is 62.5 Å². The Labute approximate surface area is 142 Å². The summed E-state index contributed by atoms with van der Waals surface area (Å²) in [5, 5.41) is 12.9. The predicted octanol–water partition coefficient (Wildman–Crippen LogP) is 3.81. The van der Waals surface area contributed by atoms with Crippen LogP contribution in [-0.2, 0) is 13.1 Å². The van der Waals surface area contributed by atoms with E-state index in [1.54, 1.807) is 18.4 Å². The lowest BCUT2D eigenvalue weighted by atomic mass is 9.99. The number of aromatic nitrogens is 1. The van der Waals surface area contributed by atoms with Crippen molar-refractivity contribution in [2.75, 3.05) is 7.05 Å². The molecule has 0 saturated heterocycles. The van der Waals surface area contributed by atoms with Crippen molar-refractivity contribution in [1.29, 1.82) is 0 Å². The van der Waals surface area contributed by atoms with Crippen molar-refractivity contribution in [3.8, 4) is 0 Å². The quantitative estimate of drug-likeness (QED) is 0.597. The first-order valence-electron chi connectivity index (χ1n) is 8.10. The number of guanidine groups is 1. The molecule has 0 aliphatic carbocycles. The fourth-order valence-electron chi connectivity index (χ4n) is 2.45. The van der Waals surface area contributed by atoms with Gasteiger partial charge in [0.25, 0.3) is 0 Å². The molecule has 0 spiro atoms. The second-order valence-electron chi connectivity index (χ2n) is 5.54. The summed E-state index contributed by atoms with van der Waals surface area (Å²) in [7, 11) is 1.77. The molecule has 6 heteroatoms. The van der Waals surface area contributed by atoms with E-state index in [9.17, 15) is 0 Å². The van der Waals surface area contributed by atoms with Gasteiger partial charge in [-0.15, -0.1) is 11.3 Å². The first-order chi connectivity index (χ1) is 11.2. The molecule has 0 amide bonds. The largest absolute Gasteiger partial charge is 0.359 e.